The van der Waals surface area contributed by atoms with Crippen LogP contribution in [0.25, 0.3) is 6.08 Å². The molecule has 0 aliphatic rings. The Morgan fingerprint density at radius 3 is 2.50 bits per heavy atom. The van der Waals surface area contributed by atoms with Gasteiger partial charge in [-0.3, -0.25) is 14.9 Å². The summed E-state index contributed by atoms with van der Waals surface area (Å²) in [6, 6.07) is 15.6. The van der Waals surface area contributed by atoms with Crippen molar-refractivity contribution in [3.63, 3.8) is 0 Å². The standard InChI is InChI=1S/C25H19Cl2N3O6/c1-34-19-6-7-21(22(12-19)30(32)33)29-25(31)17(13-28)9-15-3-8-23(35-2)24(10-15)36-14-16-4-5-18(26)11-20(16)27/h3-12H,14H2,1-2H3,(H,29,31)/b17-9+. The normalized spacial score (nSPS) is 10.8. The lowest BCUT2D eigenvalue weighted by atomic mass is 10.1. The summed E-state index contributed by atoms with van der Waals surface area (Å²) in [6.45, 7) is 0.117. The maximum absolute atomic E-state index is 12.7. The Hall–Kier alpha value is -4.26. The van der Waals surface area contributed by atoms with E-state index in [1.54, 1.807) is 36.4 Å². The van der Waals surface area contributed by atoms with E-state index >= 15 is 0 Å². The lowest BCUT2D eigenvalue weighted by molar-refractivity contribution is -0.384. The number of amides is 1. The van der Waals surface area contributed by atoms with E-state index in [2.05, 4.69) is 5.32 Å². The number of carbonyl (C=O) groups is 1. The molecule has 3 rings (SSSR count). The summed E-state index contributed by atoms with van der Waals surface area (Å²) in [4.78, 5) is 23.4. The zero-order valence-electron chi connectivity index (χ0n) is 19.1. The maximum Gasteiger partial charge on any atom is 0.296 e. The SMILES string of the molecule is COc1ccc(NC(=O)/C(C#N)=C/c2ccc(OC)c(OCc3ccc(Cl)cc3Cl)c2)c([N+](=O)[O-])c1. The molecule has 0 aliphatic heterocycles. The molecule has 1 N–H and O–H groups in total. The zero-order chi connectivity index (χ0) is 26.2. The second-order valence-electron chi connectivity index (χ2n) is 7.20. The van der Waals surface area contributed by atoms with Crippen molar-refractivity contribution in [3.8, 4) is 23.3 Å². The van der Waals surface area contributed by atoms with Crippen LogP contribution in [0.1, 0.15) is 11.1 Å². The van der Waals surface area contributed by atoms with Gasteiger partial charge in [-0.05, 0) is 48.0 Å². The van der Waals surface area contributed by atoms with E-state index in [-0.39, 0.29) is 29.3 Å². The van der Waals surface area contributed by atoms with Crippen molar-refractivity contribution in [2.24, 2.45) is 0 Å². The van der Waals surface area contributed by atoms with Crippen LogP contribution in [0.5, 0.6) is 17.2 Å². The molecule has 36 heavy (non-hydrogen) atoms. The fourth-order valence-corrected chi connectivity index (χ4v) is 3.55. The summed E-state index contributed by atoms with van der Waals surface area (Å²) in [6.07, 6.45) is 1.33. The number of halogens is 2. The van der Waals surface area contributed by atoms with Gasteiger partial charge in [0.1, 0.15) is 29.7 Å². The van der Waals surface area contributed by atoms with Crippen molar-refractivity contribution in [3.05, 3.63) is 91.5 Å². The van der Waals surface area contributed by atoms with Crippen molar-refractivity contribution < 1.29 is 23.9 Å². The van der Waals surface area contributed by atoms with E-state index in [1.807, 2.05) is 6.07 Å². The third-order valence-corrected chi connectivity index (χ3v) is 5.50. The van der Waals surface area contributed by atoms with Crippen LogP contribution in [-0.4, -0.2) is 25.1 Å². The molecule has 3 aromatic carbocycles. The molecule has 0 atom stereocenters. The Labute approximate surface area is 216 Å². The number of nitro groups is 1. The van der Waals surface area contributed by atoms with Gasteiger partial charge in [0.15, 0.2) is 11.5 Å². The van der Waals surface area contributed by atoms with Gasteiger partial charge in [0.25, 0.3) is 11.6 Å². The second-order valence-corrected chi connectivity index (χ2v) is 8.04. The summed E-state index contributed by atoms with van der Waals surface area (Å²) in [5.74, 6) is 0.202. The number of benzene rings is 3. The fraction of sp³-hybridized carbons (Fsp3) is 0.120. The van der Waals surface area contributed by atoms with Gasteiger partial charge in [-0.2, -0.15) is 5.26 Å². The smallest absolute Gasteiger partial charge is 0.296 e. The van der Waals surface area contributed by atoms with Gasteiger partial charge < -0.3 is 19.5 Å². The first-order valence-corrected chi connectivity index (χ1v) is 11.0. The molecular formula is C25H19Cl2N3O6. The number of carbonyl (C=O) groups excluding carboxylic acids is 1. The molecule has 3 aromatic rings. The molecule has 0 unspecified atom stereocenters. The molecule has 0 saturated carbocycles. The summed E-state index contributed by atoms with van der Waals surface area (Å²) in [7, 11) is 2.84. The molecule has 9 nitrogen and oxygen atoms in total. The molecule has 0 saturated heterocycles. The van der Waals surface area contributed by atoms with Crippen LogP contribution in [0.3, 0.4) is 0 Å². The monoisotopic (exact) mass is 527 g/mol. The molecule has 0 spiro atoms. The zero-order valence-corrected chi connectivity index (χ0v) is 20.6. The summed E-state index contributed by atoms with van der Waals surface area (Å²) in [5, 5.41) is 24.3. The van der Waals surface area contributed by atoms with E-state index in [1.165, 1.54) is 38.5 Å². The van der Waals surface area contributed by atoms with E-state index in [9.17, 15) is 20.2 Å². The Balaban J connectivity index is 1.85. The Kier molecular flexibility index (Phi) is 8.73. The number of nitrogens with zero attached hydrogens (tertiary/aromatic N) is 2. The molecule has 11 heteroatoms. The van der Waals surface area contributed by atoms with Crippen LogP contribution in [0.2, 0.25) is 10.0 Å². The molecule has 0 aromatic heterocycles. The van der Waals surface area contributed by atoms with E-state index in [0.29, 0.717) is 32.7 Å². The molecule has 0 aliphatic carbocycles. The number of hydrogen-bond acceptors (Lipinski definition) is 7. The maximum atomic E-state index is 12.7. The first-order chi connectivity index (χ1) is 17.2. The third-order valence-electron chi connectivity index (χ3n) is 4.91. The number of hydrogen-bond donors (Lipinski definition) is 1. The second kappa shape index (κ2) is 11.9. The summed E-state index contributed by atoms with van der Waals surface area (Å²) >= 11 is 12.1. The minimum atomic E-state index is -0.822. The predicted octanol–water partition coefficient (Wildman–Crippen LogP) is 6.04. The van der Waals surface area contributed by atoms with Crippen molar-refractivity contribution in [2.45, 2.75) is 6.61 Å². The minimum Gasteiger partial charge on any atom is -0.496 e. The van der Waals surface area contributed by atoms with E-state index < -0.39 is 10.8 Å². The van der Waals surface area contributed by atoms with Crippen LogP contribution < -0.4 is 19.5 Å². The molecule has 0 heterocycles. The molecule has 184 valence electrons. The van der Waals surface area contributed by atoms with Crippen molar-refractivity contribution in [1.29, 1.82) is 5.26 Å². The van der Waals surface area contributed by atoms with Crippen LogP contribution in [0.15, 0.2) is 60.2 Å². The van der Waals surface area contributed by atoms with E-state index in [4.69, 9.17) is 37.4 Å². The number of nitriles is 1. The van der Waals surface area contributed by atoms with Gasteiger partial charge in [0, 0.05) is 15.6 Å². The fourth-order valence-electron chi connectivity index (χ4n) is 3.09. The number of nitro benzene ring substituents is 1. The Morgan fingerprint density at radius 2 is 1.86 bits per heavy atom. The van der Waals surface area contributed by atoms with Crippen LogP contribution in [-0.2, 0) is 11.4 Å². The third kappa shape index (κ3) is 6.44. The Bertz CT molecular complexity index is 1380. The summed E-state index contributed by atoms with van der Waals surface area (Å²) < 4.78 is 16.2. The minimum absolute atomic E-state index is 0.0782. The van der Waals surface area contributed by atoms with Gasteiger partial charge in [-0.25, -0.2) is 0 Å². The molecule has 0 fully saturated rings. The average Bonchev–Trinajstić information content (AvgIpc) is 2.86. The lowest BCUT2D eigenvalue weighted by Crippen LogP contribution is -2.14. The molecule has 0 bridgehead atoms. The lowest BCUT2D eigenvalue weighted by Gasteiger charge is -2.13. The highest BCUT2D eigenvalue weighted by molar-refractivity contribution is 6.35. The molecular weight excluding hydrogens is 509 g/mol. The van der Waals surface area contributed by atoms with Gasteiger partial charge in [0.2, 0.25) is 0 Å². The number of rotatable bonds is 9. The van der Waals surface area contributed by atoms with Crippen molar-refractivity contribution in [1.82, 2.24) is 0 Å². The first-order valence-electron chi connectivity index (χ1n) is 10.3. The summed E-state index contributed by atoms with van der Waals surface area (Å²) in [5.41, 5.74) is 0.426. The number of nitrogens with one attached hydrogen (secondary N) is 1. The van der Waals surface area contributed by atoms with Crippen LogP contribution in [0.4, 0.5) is 11.4 Å². The average molecular weight is 528 g/mol. The van der Waals surface area contributed by atoms with E-state index in [0.717, 1.165) is 0 Å². The van der Waals surface area contributed by atoms with Gasteiger partial charge >= 0.3 is 0 Å². The highest BCUT2D eigenvalue weighted by Gasteiger charge is 2.19. The highest BCUT2D eigenvalue weighted by atomic mass is 35.5. The number of ether oxygens (including phenoxy) is 3. The van der Waals surface area contributed by atoms with Gasteiger partial charge in [-0.1, -0.05) is 35.3 Å². The Morgan fingerprint density at radius 1 is 1.08 bits per heavy atom. The largest absolute Gasteiger partial charge is 0.496 e. The van der Waals surface area contributed by atoms with Crippen molar-refractivity contribution >= 4 is 46.6 Å². The topological polar surface area (TPSA) is 124 Å². The van der Waals surface area contributed by atoms with Crippen LogP contribution >= 0.6 is 23.2 Å². The number of anilines is 1. The predicted molar refractivity (Wildman–Crippen MR) is 136 cm³/mol. The number of methoxy groups -OCH3 is 2. The van der Waals surface area contributed by atoms with Gasteiger partial charge in [-0.15, -0.1) is 0 Å². The van der Waals surface area contributed by atoms with Crippen molar-refractivity contribution in [2.75, 3.05) is 19.5 Å². The van der Waals surface area contributed by atoms with Crippen LogP contribution in [0, 0.1) is 21.4 Å². The first kappa shape index (κ1) is 26.3. The van der Waals surface area contributed by atoms with Gasteiger partial charge in [0.05, 0.1) is 25.2 Å². The quantitative estimate of drug-likeness (QED) is 0.155. The highest BCUT2D eigenvalue weighted by Crippen LogP contribution is 2.32. The molecule has 1 amide bonds. The molecule has 0 radical (unpaired) electrons.